The Hall–Kier alpha value is -3.68. The molecule has 0 saturated heterocycles. The maximum Gasteiger partial charge on any atom is 0.349 e. The normalized spacial score (nSPS) is 12.2. The van der Waals surface area contributed by atoms with Crippen molar-refractivity contribution in [3.63, 3.8) is 0 Å². The second kappa shape index (κ2) is 8.34. The number of carbonyl (C=O) groups is 1. The van der Waals surface area contributed by atoms with Gasteiger partial charge < -0.3 is 14.5 Å². The zero-order chi connectivity index (χ0) is 20.1. The van der Waals surface area contributed by atoms with Gasteiger partial charge >= 0.3 is 11.7 Å². The van der Waals surface area contributed by atoms with E-state index in [4.69, 9.17) is 9.47 Å². The van der Waals surface area contributed by atoms with E-state index in [0.29, 0.717) is 22.2 Å². The molecule has 0 fully saturated rings. The highest BCUT2D eigenvalue weighted by atomic mass is 16.6. The summed E-state index contributed by atoms with van der Waals surface area (Å²) >= 11 is 0. The summed E-state index contributed by atoms with van der Waals surface area (Å²) in [5, 5.41) is 4.36. The Morgan fingerprint density at radius 2 is 1.89 bits per heavy atom. The van der Waals surface area contributed by atoms with Gasteiger partial charge in [-0.3, -0.25) is 4.79 Å². The van der Waals surface area contributed by atoms with Crippen LogP contribution in [0.15, 0.2) is 63.2 Å². The molecule has 28 heavy (non-hydrogen) atoms. The smallest absolute Gasteiger partial charge is 0.349 e. The zero-order valence-electron chi connectivity index (χ0n) is 15.4. The summed E-state index contributed by atoms with van der Waals surface area (Å²) in [5.74, 6) is 0.0430. The molecule has 1 atom stereocenters. The first-order valence-electron chi connectivity index (χ1n) is 8.71. The van der Waals surface area contributed by atoms with Crippen LogP contribution in [-0.2, 0) is 9.53 Å². The number of carbonyl (C=O) groups excluding carboxylic acids is 1. The lowest BCUT2D eigenvalue weighted by Gasteiger charge is -2.13. The van der Waals surface area contributed by atoms with Gasteiger partial charge in [0.1, 0.15) is 5.75 Å². The van der Waals surface area contributed by atoms with Gasteiger partial charge in [0.25, 0.3) is 5.56 Å². The van der Waals surface area contributed by atoms with Crippen molar-refractivity contribution >= 4 is 23.1 Å². The van der Waals surface area contributed by atoms with Crippen LogP contribution >= 0.6 is 0 Å². The second-order valence-electron chi connectivity index (χ2n) is 5.92. The Morgan fingerprint density at radius 3 is 2.61 bits per heavy atom. The minimum Gasteiger partial charge on any atom is -0.479 e. The molecule has 0 aliphatic rings. The molecule has 0 unspecified atom stereocenters. The standard InChI is InChI=1S/C20H19N3O5/c1-3-27-19(25)13(2)28-15-10-8-14(9-11-15)12-21-23-18(24)16-6-4-5-7-17(16)22-20(23)26/h4-13H,3H2,1-2H3,(H,22,26)/t13-/m0/s1. The SMILES string of the molecule is CCOC(=O)[C@H](C)Oc1ccc(C=Nn2c(=O)[nH]c3ccccc3c2=O)cc1. The van der Waals surface area contributed by atoms with Crippen molar-refractivity contribution in [2.45, 2.75) is 20.0 Å². The third-order valence-corrected chi connectivity index (χ3v) is 3.92. The van der Waals surface area contributed by atoms with Gasteiger partial charge in [0, 0.05) is 0 Å². The minimum absolute atomic E-state index is 0.287. The Bertz CT molecular complexity index is 1130. The Kier molecular flexibility index (Phi) is 5.69. The summed E-state index contributed by atoms with van der Waals surface area (Å²) in [6.07, 6.45) is 0.665. The minimum atomic E-state index is -0.728. The lowest BCUT2D eigenvalue weighted by molar-refractivity contribution is -0.150. The molecule has 2 aromatic carbocycles. The highest BCUT2D eigenvalue weighted by Crippen LogP contribution is 2.13. The molecule has 3 aromatic rings. The Morgan fingerprint density at radius 1 is 1.18 bits per heavy atom. The first kappa shape index (κ1) is 19.1. The van der Waals surface area contributed by atoms with Crippen molar-refractivity contribution in [1.82, 2.24) is 9.66 Å². The number of H-pyrrole nitrogens is 1. The lowest BCUT2D eigenvalue weighted by Crippen LogP contribution is -2.32. The van der Waals surface area contributed by atoms with E-state index < -0.39 is 23.3 Å². The summed E-state index contributed by atoms with van der Waals surface area (Å²) in [6.45, 7) is 3.62. The summed E-state index contributed by atoms with van der Waals surface area (Å²) in [4.78, 5) is 38.7. The lowest BCUT2D eigenvalue weighted by atomic mass is 10.2. The van der Waals surface area contributed by atoms with Crippen molar-refractivity contribution in [3.05, 3.63) is 74.9 Å². The van der Waals surface area contributed by atoms with Crippen molar-refractivity contribution < 1.29 is 14.3 Å². The quantitative estimate of drug-likeness (QED) is 0.519. The maximum absolute atomic E-state index is 12.4. The van der Waals surface area contributed by atoms with Crippen LogP contribution in [0.3, 0.4) is 0 Å². The van der Waals surface area contributed by atoms with E-state index in [1.807, 2.05) is 0 Å². The number of hydrogen-bond acceptors (Lipinski definition) is 6. The number of fused-ring (bicyclic) bond motifs is 1. The zero-order valence-corrected chi connectivity index (χ0v) is 15.4. The molecule has 0 aliphatic carbocycles. The molecule has 3 rings (SSSR count). The number of hydrogen-bond donors (Lipinski definition) is 1. The number of aromatic amines is 1. The number of ether oxygens (including phenoxy) is 2. The predicted molar refractivity (Wildman–Crippen MR) is 105 cm³/mol. The average molecular weight is 381 g/mol. The first-order chi connectivity index (χ1) is 13.5. The van der Waals surface area contributed by atoms with Gasteiger partial charge in [-0.25, -0.2) is 9.59 Å². The van der Waals surface area contributed by atoms with E-state index in [1.165, 1.54) is 6.21 Å². The van der Waals surface area contributed by atoms with Gasteiger partial charge in [-0.05, 0) is 55.8 Å². The molecular formula is C20H19N3O5. The number of nitrogens with zero attached hydrogens (tertiary/aromatic N) is 2. The molecule has 1 aromatic heterocycles. The summed E-state index contributed by atoms with van der Waals surface area (Å²) in [5.41, 5.74) is -0.0150. The summed E-state index contributed by atoms with van der Waals surface area (Å²) < 4.78 is 11.2. The van der Waals surface area contributed by atoms with Gasteiger partial charge in [0.2, 0.25) is 0 Å². The van der Waals surface area contributed by atoms with Crippen LogP contribution in [0.5, 0.6) is 5.75 Å². The first-order valence-corrected chi connectivity index (χ1v) is 8.71. The third-order valence-electron chi connectivity index (χ3n) is 3.92. The van der Waals surface area contributed by atoms with E-state index in [9.17, 15) is 14.4 Å². The molecule has 8 heteroatoms. The molecule has 1 heterocycles. The fourth-order valence-corrected chi connectivity index (χ4v) is 2.53. The van der Waals surface area contributed by atoms with E-state index >= 15 is 0 Å². The molecule has 0 aliphatic heterocycles. The van der Waals surface area contributed by atoms with Gasteiger partial charge in [-0.2, -0.15) is 5.10 Å². The van der Waals surface area contributed by atoms with Crippen LogP contribution in [0.1, 0.15) is 19.4 Å². The molecule has 0 amide bonds. The molecule has 0 spiro atoms. The molecular weight excluding hydrogens is 362 g/mol. The van der Waals surface area contributed by atoms with E-state index in [2.05, 4.69) is 10.1 Å². The molecule has 144 valence electrons. The van der Waals surface area contributed by atoms with Crippen LogP contribution in [0.2, 0.25) is 0 Å². The summed E-state index contributed by atoms with van der Waals surface area (Å²) in [7, 11) is 0. The average Bonchev–Trinajstić information content (AvgIpc) is 2.69. The fraction of sp³-hybridized carbons (Fsp3) is 0.200. The molecule has 0 bridgehead atoms. The van der Waals surface area contributed by atoms with Gasteiger partial charge in [0.05, 0.1) is 23.7 Å². The van der Waals surface area contributed by atoms with Crippen LogP contribution in [-0.4, -0.2) is 34.6 Å². The van der Waals surface area contributed by atoms with Crippen LogP contribution in [0.25, 0.3) is 10.9 Å². The van der Waals surface area contributed by atoms with Crippen molar-refractivity contribution in [1.29, 1.82) is 0 Å². The van der Waals surface area contributed by atoms with Gasteiger partial charge in [-0.15, -0.1) is 4.68 Å². The van der Waals surface area contributed by atoms with Crippen molar-refractivity contribution in [2.24, 2.45) is 5.10 Å². The number of para-hydroxylation sites is 1. The fourth-order valence-electron chi connectivity index (χ4n) is 2.53. The number of aromatic nitrogens is 2. The Labute approximate surface area is 160 Å². The number of benzene rings is 2. The molecule has 0 radical (unpaired) electrons. The van der Waals surface area contributed by atoms with Gasteiger partial charge in [-0.1, -0.05) is 12.1 Å². The Balaban J connectivity index is 1.78. The van der Waals surface area contributed by atoms with Crippen molar-refractivity contribution in [3.8, 4) is 5.75 Å². The molecule has 0 saturated carbocycles. The number of esters is 1. The van der Waals surface area contributed by atoms with E-state index in [1.54, 1.807) is 62.4 Å². The second-order valence-corrected chi connectivity index (χ2v) is 5.92. The van der Waals surface area contributed by atoms with Crippen LogP contribution in [0, 0.1) is 0 Å². The topological polar surface area (TPSA) is 103 Å². The maximum atomic E-state index is 12.4. The largest absolute Gasteiger partial charge is 0.479 e. The monoisotopic (exact) mass is 381 g/mol. The number of nitrogens with one attached hydrogen (secondary N) is 1. The van der Waals surface area contributed by atoms with E-state index in [-0.39, 0.29) is 6.61 Å². The van der Waals surface area contributed by atoms with E-state index in [0.717, 1.165) is 4.68 Å². The predicted octanol–water partition coefficient (Wildman–Crippen LogP) is 1.90. The molecule has 1 N–H and O–H groups in total. The molecule has 8 nitrogen and oxygen atoms in total. The third kappa shape index (κ3) is 4.17. The van der Waals surface area contributed by atoms with Crippen LogP contribution < -0.4 is 16.0 Å². The van der Waals surface area contributed by atoms with Gasteiger partial charge in [0.15, 0.2) is 6.10 Å². The summed E-state index contributed by atoms with van der Waals surface area (Å²) in [6, 6.07) is 13.4. The highest BCUT2D eigenvalue weighted by Gasteiger charge is 2.15. The highest BCUT2D eigenvalue weighted by molar-refractivity contribution is 5.80. The van der Waals surface area contributed by atoms with Crippen molar-refractivity contribution in [2.75, 3.05) is 6.61 Å². The number of rotatable bonds is 6. The van der Waals surface area contributed by atoms with Crippen LogP contribution in [0.4, 0.5) is 0 Å².